The van der Waals surface area contributed by atoms with E-state index in [0.29, 0.717) is 17.4 Å². The lowest BCUT2D eigenvalue weighted by Gasteiger charge is -2.36. The Morgan fingerprint density at radius 2 is 1.79 bits per heavy atom. The number of rotatable bonds is 8. The normalized spacial score (nSPS) is 26.5. The van der Waals surface area contributed by atoms with Crippen molar-refractivity contribution in [2.45, 2.75) is 92.0 Å². The first-order valence-corrected chi connectivity index (χ1v) is 13.2. The van der Waals surface area contributed by atoms with Crippen LogP contribution in [0.25, 0.3) is 0 Å². The van der Waals surface area contributed by atoms with Gasteiger partial charge in [-0.05, 0) is 77.1 Å². The van der Waals surface area contributed by atoms with Crippen LogP contribution in [0, 0.1) is 11.3 Å². The number of fused-ring (bicyclic) bond motifs is 1. The SMILES string of the molecule is CCC.C\C=C/C(=N\C(=C\CC)N1CC2(CNC)CC1C2)NC(/C=C(\C)C1CCCC1)=NC. The Morgan fingerprint density at radius 1 is 1.12 bits per heavy atom. The highest BCUT2D eigenvalue weighted by Crippen LogP contribution is 2.52. The largest absolute Gasteiger partial charge is 0.353 e. The molecule has 2 aliphatic carbocycles. The molecule has 33 heavy (non-hydrogen) atoms. The minimum absolute atomic E-state index is 0.438. The third kappa shape index (κ3) is 7.56. The standard InChI is InChI=1S/C25H41N5.C3H8/c1-6-10-22(28-23(27-5)14-19(3)20-12-8-9-13-20)29-24(11-7-2)30-18-25(17-26-4)15-21(30)16-25;1-3-2/h6,10-11,14,20-21,26H,7-9,12-13,15-18H2,1-5H3,(H,27,28,29);3H2,1-2H3/b10-6-,19-14+,24-11-;. The molecule has 5 nitrogen and oxygen atoms in total. The number of nitrogens with one attached hydrogen (secondary N) is 2. The molecule has 0 unspecified atom stereocenters. The zero-order chi connectivity index (χ0) is 24.3. The third-order valence-corrected chi connectivity index (χ3v) is 6.94. The van der Waals surface area contributed by atoms with E-state index in [1.165, 1.54) is 50.5 Å². The van der Waals surface area contributed by atoms with E-state index in [0.717, 1.165) is 37.0 Å². The van der Waals surface area contributed by atoms with Crippen LogP contribution in [-0.4, -0.2) is 49.8 Å². The lowest BCUT2D eigenvalue weighted by molar-refractivity contribution is 0.183. The van der Waals surface area contributed by atoms with Gasteiger partial charge in [-0.25, -0.2) is 4.99 Å². The Balaban J connectivity index is 0.00000122. The van der Waals surface area contributed by atoms with Gasteiger partial charge in [-0.1, -0.05) is 51.7 Å². The molecule has 0 spiro atoms. The van der Waals surface area contributed by atoms with Gasteiger partial charge in [-0.2, -0.15) is 0 Å². The highest BCUT2D eigenvalue weighted by Gasteiger charge is 2.55. The van der Waals surface area contributed by atoms with E-state index in [1.54, 1.807) is 0 Å². The van der Waals surface area contributed by atoms with E-state index in [-0.39, 0.29) is 0 Å². The summed E-state index contributed by atoms with van der Waals surface area (Å²) in [5.41, 5.74) is 1.87. The quantitative estimate of drug-likeness (QED) is 0.345. The monoisotopic (exact) mass is 455 g/mol. The van der Waals surface area contributed by atoms with Crippen molar-refractivity contribution in [3.8, 4) is 0 Å². The van der Waals surface area contributed by atoms with Gasteiger partial charge in [0.2, 0.25) is 0 Å². The molecule has 0 aromatic rings. The second-order valence-electron chi connectivity index (χ2n) is 10.00. The molecule has 2 N–H and O–H groups in total. The van der Waals surface area contributed by atoms with E-state index >= 15 is 0 Å². The van der Waals surface area contributed by atoms with E-state index in [1.807, 2.05) is 20.0 Å². The van der Waals surface area contributed by atoms with Crippen LogP contribution in [0.2, 0.25) is 0 Å². The number of nitrogens with zero attached hydrogens (tertiary/aromatic N) is 3. The Morgan fingerprint density at radius 3 is 2.33 bits per heavy atom. The minimum Gasteiger partial charge on any atom is -0.353 e. The van der Waals surface area contributed by atoms with Crippen molar-refractivity contribution < 1.29 is 0 Å². The van der Waals surface area contributed by atoms with Crippen LogP contribution < -0.4 is 10.6 Å². The second-order valence-corrected chi connectivity index (χ2v) is 10.00. The van der Waals surface area contributed by atoms with Crippen LogP contribution in [0.15, 0.2) is 45.7 Å². The fraction of sp³-hybridized carbons (Fsp3) is 0.714. The summed E-state index contributed by atoms with van der Waals surface area (Å²) in [6, 6.07) is 0.635. The number of allylic oxidation sites excluding steroid dienone is 3. The van der Waals surface area contributed by atoms with Gasteiger partial charge in [-0.15, -0.1) is 0 Å². The molecule has 0 atom stereocenters. The highest BCUT2D eigenvalue weighted by molar-refractivity contribution is 6.10. The van der Waals surface area contributed by atoms with Gasteiger partial charge in [0, 0.05) is 31.6 Å². The molecule has 2 bridgehead atoms. The molecular weight excluding hydrogens is 406 g/mol. The third-order valence-electron chi connectivity index (χ3n) is 6.94. The number of aliphatic imine (C=N–C) groups is 2. The maximum Gasteiger partial charge on any atom is 0.133 e. The molecule has 0 aromatic carbocycles. The van der Waals surface area contributed by atoms with Crippen molar-refractivity contribution in [2.75, 3.05) is 27.2 Å². The molecular formula is C28H49N5. The summed E-state index contributed by atoms with van der Waals surface area (Å²) >= 11 is 0. The van der Waals surface area contributed by atoms with Crippen LogP contribution in [0.3, 0.4) is 0 Å². The first-order valence-electron chi connectivity index (χ1n) is 13.2. The van der Waals surface area contributed by atoms with Crippen LogP contribution in [-0.2, 0) is 0 Å². The Kier molecular flexibility index (Phi) is 11.4. The van der Waals surface area contributed by atoms with Gasteiger partial charge >= 0.3 is 0 Å². The molecule has 5 heteroatoms. The summed E-state index contributed by atoms with van der Waals surface area (Å²) in [6.45, 7) is 12.9. The predicted octanol–water partition coefficient (Wildman–Crippen LogP) is 6.07. The predicted molar refractivity (Wildman–Crippen MR) is 145 cm³/mol. The lowest BCUT2D eigenvalue weighted by atomic mass is 9.70. The Labute approximate surface area is 203 Å². The smallest absolute Gasteiger partial charge is 0.133 e. The molecule has 0 amide bonds. The van der Waals surface area contributed by atoms with E-state index < -0.39 is 0 Å². The topological polar surface area (TPSA) is 52.0 Å². The van der Waals surface area contributed by atoms with Gasteiger partial charge in [0.1, 0.15) is 17.5 Å². The van der Waals surface area contributed by atoms with Gasteiger partial charge < -0.3 is 15.5 Å². The summed E-state index contributed by atoms with van der Waals surface area (Å²) in [7, 11) is 3.92. The molecule has 2 aliphatic heterocycles. The second kappa shape index (κ2) is 13.7. The number of hydrogen-bond acceptors (Lipinski definition) is 4. The summed E-state index contributed by atoms with van der Waals surface area (Å²) in [4.78, 5) is 12.1. The van der Waals surface area contributed by atoms with Crippen molar-refractivity contribution >= 4 is 11.7 Å². The first kappa shape index (κ1) is 27.4. The fourth-order valence-electron chi connectivity index (χ4n) is 5.42. The molecule has 186 valence electrons. The van der Waals surface area contributed by atoms with E-state index in [4.69, 9.17) is 4.99 Å². The first-order chi connectivity index (χ1) is 15.9. The van der Waals surface area contributed by atoms with Crippen LogP contribution in [0.1, 0.15) is 86.0 Å². The number of amidine groups is 2. The van der Waals surface area contributed by atoms with Crippen LogP contribution >= 0.6 is 0 Å². The van der Waals surface area contributed by atoms with Crippen molar-refractivity contribution in [2.24, 2.45) is 21.3 Å². The molecule has 4 aliphatic rings. The molecule has 0 radical (unpaired) electrons. The molecule has 2 saturated carbocycles. The fourth-order valence-corrected chi connectivity index (χ4v) is 5.42. The van der Waals surface area contributed by atoms with Crippen molar-refractivity contribution in [1.82, 2.24) is 15.5 Å². The van der Waals surface area contributed by atoms with Gasteiger partial charge in [0.25, 0.3) is 0 Å². The maximum absolute atomic E-state index is 5.07. The van der Waals surface area contributed by atoms with Gasteiger partial charge in [0.15, 0.2) is 0 Å². The lowest BCUT2D eigenvalue weighted by Crippen LogP contribution is -2.41. The molecule has 4 fully saturated rings. The van der Waals surface area contributed by atoms with E-state index in [9.17, 15) is 0 Å². The zero-order valence-corrected chi connectivity index (χ0v) is 22.4. The number of hydrogen-bond donors (Lipinski definition) is 2. The Hall–Kier alpha value is -1.88. The molecule has 0 aromatic heterocycles. The Bertz CT molecular complexity index is 746. The van der Waals surface area contributed by atoms with E-state index in [2.05, 4.69) is 73.5 Å². The van der Waals surface area contributed by atoms with Crippen molar-refractivity contribution in [3.05, 3.63) is 35.7 Å². The molecule has 2 heterocycles. The average Bonchev–Trinajstić information content (AvgIpc) is 3.49. The maximum atomic E-state index is 5.07. The van der Waals surface area contributed by atoms with Gasteiger partial charge in [-0.3, -0.25) is 4.99 Å². The zero-order valence-electron chi connectivity index (χ0n) is 22.4. The van der Waals surface area contributed by atoms with Gasteiger partial charge in [0.05, 0.1) is 0 Å². The van der Waals surface area contributed by atoms with Crippen LogP contribution in [0.5, 0.6) is 0 Å². The summed E-state index contributed by atoms with van der Waals surface area (Å²) in [5, 5.41) is 6.88. The summed E-state index contributed by atoms with van der Waals surface area (Å²) in [5.74, 6) is 3.57. The minimum atomic E-state index is 0.438. The van der Waals surface area contributed by atoms with Crippen LogP contribution in [0.4, 0.5) is 0 Å². The average molecular weight is 456 g/mol. The molecule has 2 saturated heterocycles. The summed E-state index contributed by atoms with van der Waals surface area (Å²) < 4.78 is 0. The molecule has 4 rings (SSSR count). The van der Waals surface area contributed by atoms with Crippen molar-refractivity contribution in [3.63, 3.8) is 0 Å². The highest BCUT2D eigenvalue weighted by atomic mass is 15.3. The van der Waals surface area contributed by atoms with Crippen molar-refractivity contribution in [1.29, 1.82) is 0 Å². The summed E-state index contributed by atoms with van der Waals surface area (Å²) in [6.07, 6.45) is 18.7.